The molecule has 1 saturated heterocycles. The summed E-state index contributed by atoms with van der Waals surface area (Å²) < 4.78 is 13.5. The number of halogens is 3. The molecule has 1 unspecified atom stereocenters. The van der Waals surface area contributed by atoms with Crippen molar-refractivity contribution >= 4 is 47.3 Å². The van der Waals surface area contributed by atoms with E-state index in [-0.39, 0.29) is 23.4 Å². The first-order chi connectivity index (χ1) is 13.5. The van der Waals surface area contributed by atoms with Crippen LogP contribution in [-0.2, 0) is 0 Å². The molecule has 0 aliphatic carbocycles. The maximum atomic E-state index is 13.5. The van der Waals surface area contributed by atoms with E-state index < -0.39 is 12.1 Å². The SMILES string of the molecule is Cc1ccc(N2C(N3CCCC3)=NC(N)=NC2Nc2ccc(F)c(Cl)c2)cc1.Cl. The molecule has 9 heteroatoms. The van der Waals surface area contributed by atoms with Gasteiger partial charge < -0.3 is 16.0 Å². The average Bonchev–Trinajstić information content (AvgIpc) is 3.20. The second-order valence-electron chi connectivity index (χ2n) is 6.95. The highest BCUT2D eigenvalue weighted by atomic mass is 35.5. The molecule has 154 valence electrons. The highest BCUT2D eigenvalue weighted by molar-refractivity contribution is 6.31. The minimum atomic E-state index is -0.530. The molecular formula is C20H23Cl2FN6. The van der Waals surface area contributed by atoms with Crippen LogP contribution in [0.4, 0.5) is 15.8 Å². The minimum Gasteiger partial charge on any atom is -0.368 e. The monoisotopic (exact) mass is 436 g/mol. The van der Waals surface area contributed by atoms with Crippen LogP contribution in [0.1, 0.15) is 18.4 Å². The van der Waals surface area contributed by atoms with Crippen molar-refractivity contribution in [2.24, 2.45) is 15.7 Å². The maximum absolute atomic E-state index is 13.5. The fourth-order valence-electron chi connectivity index (χ4n) is 3.41. The summed E-state index contributed by atoms with van der Waals surface area (Å²) in [6, 6.07) is 12.6. The van der Waals surface area contributed by atoms with Crippen LogP contribution >= 0.6 is 24.0 Å². The third-order valence-electron chi connectivity index (χ3n) is 4.85. The highest BCUT2D eigenvalue weighted by Crippen LogP contribution is 2.27. The van der Waals surface area contributed by atoms with Crippen molar-refractivity contribution in [3.8, 4) is 0 Å². The van der Waals surface area contributed by atoms with Gasteiger partial charge in [-0.15, -0.1) is 12.4 Å². The van der Waals surface area contributed by atoms with Gasteiger partial charge in [0.2, 0.25) is 18.2 Å². The Morgan fingerprint density at radius 1 is 1.14 bits per heavy atom. The van der Waals surface area contributed by atoms with Gasteiger partial charge in [-0.2, -0.15) is 4.99 Å². The number of guanidine groups is 2. The van der Waals surface area contributed by atoms with Gasteiger partial charge in [0.05, 0.1) is 5.02 Å². The summed E-state index contributed by atoms with van der Waals surface area (Å²) in [5, 5.41) is 3.34. The number of hydrogen-bond acceptors (Lipinski definition) is 6. The van der Waals surface area contributed by atoms with Gasteiger partial charge in [-0.1, -0.05) is 29.3 Å². The second-order valence-corrected chi connectivity index (χ2v) is 7.35. The summed E-state index contributed by atoms with van der Waals surface area (Å²) in [7, 11) is 0. The lowest BCUT2D eigenvalue weighted by molar-refractivity contribution is 0.497. The van der Waals surface area contributed by atoms with Crippen molar-refractivity contribution in [3.63, 3.8) is 0 Å². The number of nitrogens with two attached hydrogens (primary N) is 1. The molecular weight excluding hydrogens is 414 g/mol. The molecule has 2 aromatic carbocycles. The van der Waals surface area contributed by atoms with Gasteiger partial charge in [0, 0.05) is 24.5 Å². The summed E-state index contributed by atoms with van der Waals surface area (Å²) in [6.45, 7) is 3.88. The minimum absolute atomic E-state index is 0. The van der Waals surface area contributed by atoms with Gasteiger partial charge in [0.1, 0.15) is 5.82 Å². The normalized spacial score (nSPS) is 18.8. The average molecular weight is 437 g/mol. The van der Waals surface area contributed by atoms with Gasteiger partial charge in [0.15, 0.2) is 0 Å². The predicted molar refractivity (Wildman–Crippen MR) is 120 cm³/mol. The fourth-order valence-corrected chi connectivity index (χ4v) is 3.59. The van der Waals surface area contributed by atoms with Gasteiger partial charge in [0.25, 0.3) is 0 Å². The molecule has 2 aliphatic rings. The number of benzene rings is 2. The molecule has 2 aliphatic heterocycles. The van der Waals surface area contributed by atoms with Gasteiger partial charge in [-0.25, -0.2) is 9.38 Å². The molecule has 29 heavy (non-hydrogen) atoms. The summed E-state index contributed by atoms with van der Waals surface area (Å²) in [5.74, 6) is 0.504. The maximum Gasteiger partial charge on any atom is 0.222 e. The lowest BCUT2D eigenvalue weighted by Crippen LogP contribution is -2.54. The van der Waals surface area contributed by atoms with Crippen LogP contribution in [-0.4, -0.2) is 36.2 Å². The van der Waals surface area contributed by atoms with E-state index in [9.17, 15) is 4.39 Å². The lowest BCUT2D eigenvalue weighted by Gasteiger charge is -2.38. The Hall–Kier alpha value is -2.51. The molecule has 0 aromatic heterocycles. The molecule has 1 atom stereocenters. The molecule has 2 aromatic rings. The van der Waals surface area contributed by atoms with E-state index in [2.05, 4.69) is 20.2 Å². The molecule has 2 heterocycles. The first-order valence-corrected chi connectivity index (χ1v) is 9.63. The number of likely N-dealkylation sites (tertiary alicyclic amines) is 1. The van der Waals surface area contributed by atoms with Crippen molar-refractivity contribution < 1.29 is 4.39 Å². The number of hydrogen-bond donors (Lipinski definition) is 2. The Balaban J connectivity index is 0.00000240. The van der Waals surface area contributed by atoms with Crippen LogP contribution in [0.25, 0.3) is 0 Å². The van der Waals surface area contributed by atoms with Crippen LogP contribution in [0.5, 0.6) is 0 Å². The zero-order valence-electron chi connectivity index (χ0n) is 16.0. The number of aryl methyl sites for hydroxylation is 1. The van der Waals surface area contributed by atoms with Crippen molar-refractivity contribution in [2.75, 3.05) is 23.3 Å². The number of aliphatic imine (C=N–C) groups is 2. The largest absolute Gasteiger partial charge is 0.368 e. The first kappa shape index (κ1) is 21.2. The molecule has 1 fully saturated rings. The van der Waals surface area contributed by atoms with Crippen molar-refractivity contribution in [3.05, 3.63) is 58.9 Å². The zero-order chi connectivity index (χ0) is 19.7. The molecule has 0 bridgehead atoms. The standard InChI is InChI=1S/C20H22ClFN6.ClH/c1-13-4-7-15(8-5-13)28-19(24-14-6-9-17(22)16(21)12-14)25-18(23)26-20(28)27-10-2-3-11-27;/h4-9,12,19,24H,2-3,10-11H2,1H3,(H2,23,25);1H. The lowest BCUT2D eigenvalue weighted by atomic mass is 10.2. The molecule has 0 saturated carbocycles. The number of nitrogens with zero attached hydrogens (tertiary/aromatic N) is 4. The van der Waals surface area contributed by atoms with Crippen molar-refractivity contribution in [1.82, 2.24) is 4.90 Å². The molecule has 0 radical (unpaired) electrons. The molecule has 0 amide bonds. The summed E-state index contributed by atoms with van der Waals surface area (Å²) in [4.78, 5) is 13.3. The van der Waals surface area contributed by atoms with Crippen molar-refractivity contribution in [1.29, 1.82) is 0 Å². The quantitative estimate of drug-likeness (QED) is 0.756. The number of nitrogens with one attached hydrogen (secondary N) is 1. The van der Waals surface area contributed by atoms with Crippen LogP contribution in [0.15, 0.2) is 52.4 Å². The van der Waals surface area contributed by atoms with E-state index >= 15 is 0 Å². The Morgan fingerprint density at radius 2 is 1.83 bits per heavy atom. The van der Waals surface area contributed by atoms with E-state index in [1.54, 1.807) is 6.07 Å². The molecule has 0 spiro atoms. The third kappa shape index (κ3) is 4.57. The molecule has 4 rings (SSSR count). The van der Waals surface area contributed by atoms with Gasteiger partial charge in [-0.05, 0) is 50.1 Å². The molecule has 6 nitrogen and oxygen atoms in total. The van der Waals surface area contributed by atoms with E-state index in [4.69, 9.17) is 17.3 Å². The van der Waals surface area contributed by atoms with Gasteiger partial charge in [-0.3, -0.25) is 4.90 Å². The fraction of sp³-hybridized carbons (Fsp3) is 0.300. The smallest absolute Gasteiger partial charge is 0.222 e. The Kier molecular flexibility index (Phi) is 6.49. The third-order valence-corrected chi connectivity index (χ3v) is 5.14. The Labute approximate surface area is 180 Å². The Morgan fingerprint density at radius 3 is 2.48 bits per heavy atom. The van der Waals surface area contributed by atoms with E-state index in [0.29, 0.717) is 5.69 Å². The topological polar surface area (TPSA) is 69.2 Å². The van der Waals surface area contributed by atoms with Crippen LogP contribution in [0.3, 0.4) is 0 Å². The first-order valence-electron chi connectivity index (χ1n) is 9.26. The number of anilines is 2. The van der Waals surface area contributed by atoms with Crippen LogP contribution in [0.2, 0.25) is 5.02 Å². The van der Waals surface area contributed by atoms with E-state index in [1.807, 2.05) is 36.1 Å². The summed E-state index contributed by atoms with van der Waals surface area (Å²) in [5.41, 5.74) is 8.79. The van der Waals surface area contributed by atoms with Gasteiger partial charge >= 0.3 is 0 Å². The van der Waals surface area contributed by atoms with Crippen molar-refractivity contribution in [2.45, 2.75) is 26.1 Å². The Bertz CT molecular complexity index is 925. The molecule has 3 N–H and O–H groups in total. The summed E-state index contributed by atoms with van der Waals surface area (Å²) in [6.07, 6.45) is 1.70. The predicted octanol–water partition coefficient (Wildman–Crippen LogP) is 4.19. The number of rotatable bonds is 3. The second kappa shape index (κ2) is 8.88. The van der Waals surface area contributed by atoms with Crippen LogP contribution < -0.4 is 16.0 Å². The van der Waals surface area contributed by atoms with E-state index in [0.717, 1.165) is 37.6 Å². The van der Waals surface area contributed by atoms with Crippen LogP contribution in [0, 0.1) is 12.7 Å². The van der Waals surface area contributed by atoms with E-state index in [1.165, 1.54) is 17.7 Å². The zero-order valence-corrected chi connectivity index (χ0v) is 17.6. The highest BCUT2D eigenvalue weighted by Gasteiger charge is 2.32. The summed E-state index contributed by atoms with van der Waals surface area (Å²) >= 11 is 5.94.